The minimum atomic E-state index is -0.377. The van der Waals surface area contributed by atoms with Crippen LogP contribution < -0.4 is 20.9 Å². The largest absolute Gasteiger partial charge is 0.368 e. The molecule has 3 heterocycles. The summed E-state index contributed by atoms with van der Waals surface area (Å²) in [5.74, 6) is 0.558. The van der Waals surface area contributed by atoms with E-state index >= 15 is 0 Å². The average molecular weight is 437 g/mol. The van der Waals surface area contributed by atoms with Crippen LogP contribution in [-0.2, 0) is 4.79 Å². The van der Waals surface area contributed by atoms with Gasteiger partial charge >= 0.3 is 6.03 Å². The number of carbonyl (C=O) groups is 2. The molecule has 1 aromatic carbocycles. The molecule has 0 bridgehead atoms. The third-order valence-corrected chi connectivity index (χ3v) is 7.23. The molecule has 8 nitrogen and oxygen atoms in total. The van der Waals surface area contributed by atoms with Crippen molar-refractivity contribution in [2.75, 3.05) is 49.1 Å². The Bertz CT molecular complexity index is 995. The lowest BCUT2D eigenvalue weighted by Crippen LogP contribution is -2.49. The minimum absolute atomic E-state index is 0.228. The number of amides is 3. The number of benzene rings is 1. The molecule has 3 amide bonds. The number of nitrogens with zero attached hydrogens (tertiary/aromatic N) is 4. The first-order valence-electron chi connectivity index (χ1n) is 11.8. The van der Waals surface area contributed by atoms with E-state index in [1.807, 2.05) is 18.3 Å². The van der Waals surface area contributed by atoms with Crippen molar-refractivity contribution in [2.24, 2.45) is 11.7 Å². The number of nitrogens with two attached hydrogens (primary N) is 1. The predicted molar refractivity (Wildman–Crippen MR) is 126 cm³/mol. The molecule has 170 valence electrons. The molecule has 3 fully saturated rings. The van der Waals surface area contributed by atoms with Gasteiger partial charge in [0.25, 0.3) is 0 Å². The van der Waals surface area contributed by atoms with Gasteiger partial charge in [0.05, 0.1) is 11.9 Å². The number of fused-ring (bicyclic) bond motifs is 1. The van der Waals surface area contributed by atoms with Crippen LogP contribution in [0, 0.1) is 5.92 Å². The molecular weight excluding hydrogens is 404 g/mol. The van der Waals surface area contributed by atoms with Gasteiger partial charge < -0.3 is 10.6 Å². The number of piperazine rings is 1. The van der Waals surface area contributed by atoms with Crippen LogP contribution in [0.2, 0.25) is 0 Å². The second-order valence-corrected chi connectivity index (χ2v) is 9.35. The van der Waals surface area contributed by atoms with Crippen LogP contribution in [0.25, 0.3) is 10.8 Å². The van der Waals surface area contributed by atoms with Crippen molar-refractivity contribution in [2.45, 2.75) is 38.1 Å². The van der Waals surface area contributed by atoms with Gasteiger partial charge in [-0.3, -0.25) is 24.9 Å². The zero-order chi connectivity index (χ0) is 22.1. The molecule has 1 saturated carbocycles. The molecule has 3 aliphatic rings. The summed E-state index contributed by atoms with van der Waals surface area (Å²) < 4.78 is 0. The van der Waals surface area contributed by atoms with Crippen LogP contribution >= 0.6 is 0 Å². The van der Waals surface area contributed by atoms with E-state index in [-0.39, 0.29) is 11.9 Å². The fourth-order valence-corrected chi connectivity index (χ4v) is 5.36. The molecule has 2 saturated heterocycles. The minimum Gasteiger partial charge on any atom is -0.368 e. The van der Waals surface area contributed by atoms with E-state index in [9.17, 15) is 9.59 Å². The number of anilines is 2. The van der Waals surface area contributed by atoms with Crippen molar-refractivity contribution in [3.63, 3.8) is 0 Å². The molecular formula is C24H32N6O2. The molecule has 0 radical (unpaired) electrons. The van der Waals surface area contributed by atoms with Gasteiger partial charge in [-0.25, -0.2) is 4.79 Å². The van der Waals surface area contributed by atoms with Crippen LogP contribution in [0.4, 0.5) is 16.2 Å². The maximum Gasteiger partial charge on any atom is 0.328 e. The zero-order valence-electron chi connectivity index (χ0n) is 18.5. The van der Waals surface area contributed by atoms with Crippen molar-refractivity contribution in [3.8, 4) is 0 Å². The summed E-state index contributed by atoms with van der Waals surface area (Å²) in [6.07, 6.45) is 8.76. The molecule has 3 N–H and O–H groups in total. The third-order valence-electron chi connectivity index (χ3n) is 7.23. The first-order valence-corrected chi connectivity index (χ1v) is 11.8. The van der Waals surface area contributed by atoms with Gasteiger partial charge in [0, 0.05) is 74.4 Å². The van der Waals surface area contributed by atoms with E-state index in [1.54, 1.807) is 11.1 Å². The summed E-state index contributed by atoms with van der Waals surface area (Å²) in [4.78, 5) is 35.0. The number of imide groups is 1. The highest BCUT2D eigenvalue weighted by atomic mass is 16.2. The van der Waals surface area contributed by atoms with Crippen LogP contribution in [0.5, 0.6) is 0 Å². The molecule has 0 atom stereocenters. The summed E-state index contributed by atoms with van der Waals surface area (Å²) in [7, 11) is 0. The van der Waals surface area contributed by atoms with E-state index in [0.717, 1.165) is 54.2 Å². The lowest BCUT2D eigenvalue weighted by molar-refractivity contribution is -0.120. The maximum atomic E-state index is 12.4. The summed E-state index contributed by atoms with van der Waals surface area (Å²) in [5, 5.41) is 4.44. The van der Waals surface area contributed by atoms with E-state index in [1.165, 1.54) is 32.2 Å². The number of urea groups is 1. The molecule has 32 heavy (non-hydrogen) atoms. The monoisotopic (exact) mass is 436 g/mol. The molecule has 1 aromatic heterocycles. The number of aromatic nitrogens is 1. The second kappa shape index (κ2) is 9.03. The molecule has 1 aliphatic carbocycles. The van der Waals surface area contributed by atoms with Gasteiger partial charge in [0.1, 0.15) is 0 Å². The Labute approximate surface area is 188 Å². The van der Waals surface area contributed by atoms with Crippen molar-refractivity contribution in [1.29, 1.82) is 0 Å². The van der Waals surface area contributed by atoms with Crippen molar-refractivity contribution in [3.05, 3.63) is 30.6 Å². The van der Waals surface area contributed by atoms with E-state index in [2.05, 4.69) is 26.2 Å². The van der Waals surface area contributed by atoms with Gasteiger partial charge in [-0.1, -0.05) is 12.1 Å². The lowest BCUT2D eigenvalue weighted by atomic mass is 9.86. The topological polar surface area (TPSA) is 94.8 Å². The van der Waals surface area contributed by atoms with E-state index in [0.29, 0.717) is 19.0 Å². The summed E-state index contributed by atoms with van der Waals surface area (Å²) >= 11 is 0. The Morgan fingerprint density at radius 2 is 1.72 bits per heavy atom. The number of nitrogens with one attached hydrogen (secondary N) is 1. The highest BCUT2D eigenvalue weighted by molar-refractivity contribution is 6.11. The predicted octanol–water partition coefficient (Wildman–Crippen LogP) is 2.32. The molecule has 2 aromatic rings. The number of hydrogen-bond acceptors (Lipinski definition) is 6. The lowest BCUT2D eigenvalue weighted by Gasteiger charge is -2.39. The quantitative estimate of drug-likeness (QED) is 0.764. The maximum absolute atomic E-state index is 12.4. The standard InChI is InChI=1S/C24H32N6O2/c25-18-6-4-17(5-7-18)16-28-10-12-29(13-11-28)21-3-1-2-19-20(21)14-26-15-22(19)30-9-8-23(31)27-24(30)32/h1-3,14-15,17-18H,4-13,16,25H2,(H,27,31,32)/t17-,18-. The van der Waals surface area contributed by atoms with Crippen LogP contribution in [-0.4, -0.2) is 67.1 Å². The van der Waals surface area contributed by atoms with E-state index < -0.39 is 0 Å². The first kappa shape index (κ1) is 21.2. The van der Waals surface area contributed by atoms with E-state index in [4.69, 9.17) is 5.73 Å². The Hall–Kier alpha value is -2.71. The number of pyridine rings is 1. The Morgan fingerprint density at radius 3 is 2.47 bits per heavy atom. The van der Waals surface area contributed by atoms with Crippen molar-refractivity contribution >= 4 is 34.1 Å². The Balaban J connectivity index is 1.30. The van der Waals surface area contributed by atoms with Gasteiger partial charge in [-0.05, 0) is 37.7 Å². The molecule has 5 rings (SSSR count). The summed E-state index contributed by atoms with van der Waals surface area (Å²) in [6, 6.07) is 6.25. The summed E-state index contributed by atoms with van der Waals surface area (Å²) in [5.41, 5.74) is 7.98. The fourth-order valence-electron chi connectivity index (χ4n) is 5.36. The van der Waals surface area contributed by atoms with Crippen LogP contribution in [0.3, 0.4) is 0 Å². The Morgan fingerprint density at radius 1 is 0.938 bits per heavy atom. The SMILES string of the molecule is N[C@H]1CC[C@H](CN2CCN(c3cccc4c(N5CCC(=O)NC5=O)cncc34)CC2)CC1. The fraction of sp³-hybridized carbons (Fsp3) is 0.542. The smallest absolute Gasteiger partial charge is 0.328 e. The first-order chi connectivity index (χ1) is 15.6. The van der Waals surface area contributed by atoms with Crippen molar-refractivity contribution in [1.82, 2.24) is 15.2 Å². The zero-order valence-corrected chi connectivity index (χ0v) is 18.5. The van der Waals surface area contributed by atoms with Gasteiger partial charge in [0.2, 0.25) is 5.91 Å². The second-order valence-electron chi connectivity index (χ2n) is 9.35. The van der Waals surface area contributed by atoms with Gasteiger partial charge in [-0.2, -0.15) is 0 Å². The van der Waals surface area contributed by atoms with Crippen LogP contribution in [0.1, 0.15) is 32.1 Å². The molecule has 8 heteroatoms. The van der Waals surface area contributed by atoms with Gasteiger partial charge in [-0.15, -0.1) is 0 Å². The normalized spacial score (nSPS) is 25.3. The molecule has 0 unspecified atom stereocenters. The molecule has 0 spiro atoms. The number of rotatable bonds is 4. The third kappa shape index (κ3) is 4.29. The van der Waals surface area contributed by atoms with Crippen molar-refractivity contribution < 1.29 is 9.59 Å². The van der Waals surface area contributed by atoms with Crippen LogP contribution in [0.15, 0.2) is 30.6 Å². The number of carbonyl (C=O) groups excluding carboxylic acids is 2. The number of hydrogen-bond donors (Lipinski definition) is 2. The highest BCUT2D eigenvalue weighted by Crippen LogP contribution is 2.34. The van der Waals surface area contributed by atoms with Gasteiger partial charge in [0.15, 0.2) is 0 Å². The average Bonchev–Trinajstić information content (AvgIpc) is 2.81. The summed E-state index contributed by atoms with van der Waals surface area (Å²) in [6.45, 7) is 5.64. The highest BCUT2D eigenvalue weighted by Gasteiger charge is 2.27. The molecule has 2 aliphatic heterocycles. The Kier molecular flexibility index (Phi) is 5.97.